The normalized spacial score (nSPS) is 15.3. The van der Waals surface area contributed by atoms with Gasteiger partial charge in [-0.15, -0.1) is 0 Å². The second kappa shape index (κ2) is 12.2. The number of aliphatic hydroxyl groups excluding tert-OH is 1. The molecule has 9 heteroatoms. The average Bonchev–Trinajstić information content (AvgIpc) is 3.19. The van der Waals surface area contributed by atoms with E-state index in [1.54, 1.807) is 68.5 Å². The van der Waals surface area contributed by atoms with E-state index in [-0.39, 0.29) is 35.4 Å². The average molecular weight is 596 g/mol. The summed E-state index contributed by atoms with van der Waals surface area (Å²) in [6, 6.07) is 18.4. The molecule has 0 aromatic heterocycles. The number of thioether (sulfide) groups is 1. The quantitative estimate of drug-likeness (QED) is 0.291. The van der Waals surface area contributed by atoms with Gasteiger partial charge in [-0.2, -0.15) is 0 Å². The number of halogens is 2. The number of hydrogen-bond acceptors (Lipinski definition) is 6. The summed E-state index contributed by atoms with van der Waals surface area (Å²) < 4.78 is 24.7. The Labute approximate surface area is 232 Å². The smallest absolute Gasteiger partial charge is 0.344 e. The van der Waals surface area contributed by atoms with Crippen molar-refractivity contribution in [3.05, 3.63) is 116 Å². The van der Waals surface area contributed by atoms with Crippen molar-refractivity contribution in [1.29, 1.82) is 0 Å². The molecule has 38 heavy (non-hydrogen) atoms. The molecule has 1 amide bonds. The van der Waals surface area contributed by atoms with E-state index in [1.807, 2.05) is 6.07 Å². The maximum Gasteiger partial charge on any atom is 0.344 e. The molecule has 0 atom stereocenters. The van der Waals surface area contributed by atoms with Crippen LogP contribution in [-0.4, -0.2) is 28.6 Å². The Bertz CT molecular complexity index is 1480. The van der Waals surface area contributed by atoms with Crippen molar-refractivity contribution in [3.63, 3.8) is 0 Å². The van der Waals surface area contributed by atoms with Crippen LogP contribution in [0.5, 0.6) is 5.75 Å². The van der Waals surface area contributed by atoms with Crippen molar-refractivity contribution >= 4 is 50.7 Å². The van der Waals surface area contributed by atoms with Gasteiger partial charge in [0.15, 0.2) is 0 Å². The first-order chi connectivity index (χ1) is 18.3. The molecule has 1 aliphatic heterocycles. The van der Waals surface area contributed by atoms with Gasteiger partial charge in [-0.1, -0.05) is 48.2 Å². The van der Waals surface area contributed by atoms with Crippen molar-refractivity contribution in [2.75, 3.05) is 6.61 Å². The zero-order valence-electron chi connectivity index (χ0n) is 20.5. The van der Waals surface area contributed by atoms with E-state index >= 15 is 0 Å². The van der Waals surface area contributed by atoms with Gasteiger partial charge in [0.2, 0.25) is 0 Å². The highest BCUT2D eigenvalue weighted by atomic mass is 79.9. The Kier molecular flexibility index (Phi) is 8.81. The Morgan fingerprint density at radius 2 is 1.84 bits per heavy atom. The predicted molar refractivity (Wildman–Crippen MR) is 150 cm³/mol. The molecule has 6 nitrogen and oxygen atoms in total. The number of benzene rings is 3. The lowest BCUT2D eigenvalue weighted by Crippen LogP contribution is -2.14. The minimum absolute atomic E-state index is 0.0683. The Hall–Kier alpha value is -3.69. The summed E-state index contributed by atoms with van der Waals surface area (Å²) in [5, 5.41) is 11.0. The first-order valence-corrected chi connectivity index (χ1v) is 13.2. The predicted octanol–water partition coefficient (Wildman–Crippen LogP) is 7.18. The number of aliphatic imine (C=N–C) groups is 1. The molecular formula is C29H23BrFNO5S. The van der Waals surface area contributed by atoms with E-state index in [0.29, 0.717) is 26.3 Å². The van der Waals surface area contributed by atoms with Crippen LogP contribution in [0.15, 0.2) is 92.4 Å². The zero-order chi connectivity index (χ0) is 27.2. The van der Waals surface area contributed by atoms with Crippen LogP contribution in [-0.2, 0) is 16.1 Å². The minimum Gasteiger partial charge on any atom is -0.506 e. The molecule has 0 radical (unpaired) electrons. The first kappa shape index (κ1) is 27.3. The van der Waals surface area contributed by atoms with Crippen LogP contribution >= 0.6 is 27.7 Å². The van der Waals surface area contributed by atoms with Crippen LogP contribution in [0, 0.1) is 12.7 Å². The summed E-state index contributed by atoms with van der Waals surface area (Å²) in [5.74, 6) is -1.32. The summed E-state index contributed by atoms with van der Waals surface area (Å²) in [7, 11) is 0. The van der Waals surface area contributed by atoms with E-state index in [9.17, 15) is 19.1 Å². The zero-order valence-corrected chi connectivity index (χ0v) is 22.9. The summed E-state index contributed by atoms with van der Waals surface area (Å²) in [5.41, 5.74) is 2.53. The fourth-order valence-corrected chi connectivity index (χ4v) is 5.10. The monoisotopic (exact) mass is 595 g/mol. The van der Waals surface area contributed by atoms with Gasteiger partial charge in [-0.3, -0.25) is 4.79 Å². The molecule has 1 N–H and O–H groups in total. The van der Waals surface area contributed by atoms with Crippen LogP contribution in [0.25, 0.3) is 6.08 Å². The lowest BCUT2D eigenvalue weighted by atomic mass is 10.1. The second-order valence-electron chi connectivity index (χ2n) is 8.20. The molecule has 3 aromatic rings. The number of carbonyl (C=O) groups excluding carboxylic acids is 2. The number of amides is 1. The van der Waals surface area contributed by atoms with Crippen LogP contribution in [0.2, 0.25) is 0 Å². The van der Waals surface area contributed by atoms with Gasteiger partial charge in [-0.05, 0) is 82.9 Å². The Balaban J connectivity index is 1.59. The van der Waals surface area contributed by atoms with Crippen LogP contribution in [0.1, 0.15) is 34.0 Å². The molecular weight excluding hydrogens is 573 g/mol. The molecule has 0 aliphatic carbocycles. The minimum atomic E-state index is -0.761. The summed E-state index contributed by atoms with van der Waals surface area (Å²) in [4.78, 5) is 30.0. The lowest BCUT2D eigenvalue weighted by Gasteiger charge is -2.09. The third kappa shape index (κ3) is 6.41. The standard InChI is InChI=1S/C29H23BrFNO5S/c1-3-36-29(35)25-26(33)24(38-28(25)32-27(34)21-7-5-4-6-17(21)2)15-19-10-13-23(22(30)14-19)37-16-18-8-11-20(31)12-9-18/h4-15,33H,3,16H2,1-2H3/b24-15-,32-28?. The molecule has 0 fully saturated rings. The van der Waals surface area contributed by atoms with E-state index in [1.165, 1.54) is 12.1 Å². The molecule has 0 spiro atoms. The van der Waals surface area contributed by atoms with Crippen molar-refractivity contribution < 1.29 is 28.6 Å². The van der Waals surface area contributed by atoms with Gasteiger partial charge in [0.1, 0.15) is 34.5 Å². The molecule has 194 valence electrons. The first-order valence-electron chi connectivity index (χ1n) is 11.6. The highest BCUT2D eigenvalue weighted by Crippen LogP contribution is 2.40. The topological polar surface area (TPSA) is 85.2 Å². The molecule has 0 bridgehead atoms. The summed E-state index contributed by atoms with van der Waals surface area (Å²) >= 11 is 4.50. The van der Waals surface area contributed by atoms with Gasteiger partial charge < -0.3 is 14.6 Å². The molecule has 1 heterocycles. The maximum absolute atomic E-state index is 13.1. The second-order valence-corrected chi connectivity index (χ2v) is 10.1. The lowest BCUT2D eigenvalue weighted by molar-refractivity contribution is -0.138. The highest BCUT2D eigenvalue weighted by molar-refractivity contribution is 9.10. The number of ether oxygens (including phenoxy) is 2. The van der Waals surface area contributed by atoms with E-state index < -0.39 is 11.9 Å². The van der Waals surface area contributed by atoms with Crippen LogP contribution in [0.3, 0.4) is 0 Å². The largest absolute Gasteiger partial charge is 0.506 e. The molecule has 1 aliphatic rings. The van der Waals surface area contributed by atoms with Gasteiger partial charge >= 0.3 is 5.97 Å². The van der Waals surface area contributed by atoms with Crippen molar-refractivity contribution in [1.82, 2.24) is 0 Å². The van der Waals surface area contributed by atoms with Gasteiger partial charge in [-0.25, -0.2) is 14.2 Å². The van der Waals surface area contributed by atoms with Crippen LogP contribution in [0.4, 0.5) is 4.39 Å². The Morgan fingerprint density at radius 3 is 2.53 bits per heavy atom. The number of aliphatic hydroxyl groups is 1. The van der Waals surface area contributed by atoms with Crippen molar-refractivity contribution in [3.8, 4) is 5.75 Å². The van der Waals surface area contributed by atoms with Crippen LogP contribution < -0.4 is 4.74 Å². The van der Waals surface area contributed by atoms with E-state index in [4.69, 9.17) is 9.47 Å². The molecule has 4 rings (SSSR count). The summed E-state index contributed by atoms with van der Waals surface area (Å²) in [6.45, 7) is 3.81. The number of nitrogens with zero attached hydrogens (tertiary/aromatic N) is 1. The Morgan fingerprint density at radius 1 is 1.11 bits per heavy atom. The van der Waals surface area contributed by atoms with E-state index in [0.717, 1.165) is 22.9 Å². The van der Waals surface area contributed by atoms with Crippen molar-refractivity contribution in [2.24, 2.45) is 4.99 Å². The summed E-state index contributed by atoms with van der Waals surface area (Å²) in [6.07, 6.45) is 1.68. The number of rotatable bonds is 7. The van der Waals surface area contributed by atoms with Gasteiger partial charge in [0.25, 0.3) is 5.91 Å². The van der Waals surface area contributed by atoms with Gasteiger partial charge in [0, 0.05) is 5.56 Å². The van der Waals surface area contributed by atoms with E-state index in [2.05, 4.69) is 20.9 Å². The third-order valence-electron chi connectivity index (χ3n) is 5.51. The maximum atomic E-state index is 13.1. The molecule has 0 saturated heterocycles. The van der Waals surface area contributed by atoms with Gasteiger partial charge in [0.05, 0.1) is 16.0 Å². The number of carbonyl (C=O) groups is 2. The fraction of sp³-hybridized carbons (Fsp3) is 0.138. The third-order valence-corrected chi connectivity index (χ3v) is 7.15. The number of hydrogen-bond donors (Lipinski definition) is 1. The molecule has 3 aromatic carbocycles. The number of aryl methyl sites for hydroxylation is 1. The molecule has 0 unspecified atom stereocenters. The highest BCUT2D eigenvalue weighted by Gasteiger charge is 2.34. The van der Waals surface area contributed by atoms with Crippen molar-refractivity contribution in [2.45, 2.75) is 20.5 Å². The SMILES string of the molecule is CCOC(=O)C1=C(O)/C(=C/c2ccc(OCc3ccc(F)cc3)c(Br)c2)SC1=NC(=O)c1ccccc1C. The fourth-order valence-electron chi connectivity index (χ4n) is 3.57. The molecule has 0 saturated carbocycles. The number of esters is 1.